The summed E-state index contributed by atoms with van der Waals surface area (Å²) in [4.78, 5) is 17.7. The lowest BCUT2D eigenvalue weighted by molar-refractivity contribution is -0.137. The highest BCUT2D eigenvalue weighted by Gasteiger charge is 2.33. The quantitative estimate of drug-likeness (QED) is 0.320. The zero-order valence-corrected chi connectivity index (χ0v) is 19.1. The first kappa shape index (κ1) is 23.4. The molecule has 2 heterocycles. The van der Waals surface area contributed by atoms with Crippen molar-refractivity contribution >= 4 is 17.0 Å². The van der Waals surface area contributed by atoms with E-state index in [0.717, 1.165) is 12.1 Å². The molecule has 34 heavy (non-hydrogen) atoms. The van der Waals surface area contributed by atoms with E-state index >= 15 is 0 Å². The normalized spacial score (nSPS) is 12.1. The number of aromatic nitrogens is 2. The van der Waals surface area contributed by atoms with Crippen LogP contribution in [0.25, 0.3) is 33.5 Å². The number of carbonyl (C=O) groups is 1. The van der Waals surface area contributed by atoms with Crippen LogP contribution >= 0.6 is 0 Å². The lowest BCUT2D eigenvalue weighted by atomic mass is 10.1. The molecule has 0 aliphatic rings. The Bertz CT molecular complexity index is 1350. The third-order valence-corrected chi connectivity index (χ3v) is 5.07. The number of fused-ring (bicyclic) bond motifs is 1. The van der Waals surface area contributed by atoms with Gasteiger partial charge in [-0.3, -0.25) is 0 Å². The Balaban J connectivity index is 2.00. The van der Waals surface area contributed by atoms with Crippen LogP contribution in [0.15, 0.2) is 66.7 Å². The van der Waals surface area contributed by atoms with Gasteiger partial charge in [0.25, 0.3) is 0 Å². The average molecular weight is 468 g/mol. The van der Waals surface area contributed by atoms with Crippen LogP contribution < -0.4 is 4.74 Å². The zero-order chi connectivity index (χ0) is 24.7. The Morgan fingerprint density at radius 1 is 0.912 bits per heavy atom. The SMILES string of the molecule is COc1ccc2c(c1)cc(-c1cc(C(F)(F)F)cc(-c3ccccc3)n1)n2C(=O)OC(C)(C)C. The fraction of sp³-hybridized carbons (Fsp3) is 0.231. The summed E-state index contributed by atoms with van der Waals surface area (Å²) in [5.41, 5.74) is -0.371. The Kier molecular flexibility index (Phi) is 5.85. The molecular weight excluding hydrogens is 445 g/mol. The number of methoxy groups -OCH3 is 1. The average Bonchev–Trinajstić information content (AvgIpc) is 3.16. The molecule has 0 saturated heterocycles. The van der Waals surface area contributed by atoms with E-state index in [9.17, 15) is 18.0 Å². The van der Waals surface area contributed by atoms with Crippen LogP contribution in [0.1, 0.15) is 26.3 Å². The van der Waals surface area contributed by atoms with Crippen LogP contribution in [0.3, 0.4) is 0 Å². The van der Waals surface area contributed by atoms with Gasteiger partial charge in [0, 0.05) is 10.9 Å². The summed E-state index contributed by atoms with van der Waals surface area (Å²) in [6.07, 6.45) is -5.32. The van der Waals surface area contributed by atoms with Crippen LogP contribution in [0.4, 0.5) is 18.0 Å². The third kappa shape index (κ3) is 4.76. The number of rotatable bonds is 3. The van der Waals surface area contributed by atoms with E-state index in [2.05, 4.69) is 4.98 Å². The van der Waals surface area contributed by atoms with Gasteiger partial charge in [0.1, 0.15) is 11.4 Å². The molecular formula is C26H23F3N2O3. The maximum absolute atomic E-state index is 13.8. The van der Waals surface area contributed by atoms with E-state index in [4.69, 9.17) is 9.47 Å². The van der Waals surface area contributed by atoms with E-state index in [0.29, 0.717) is 22.2 Å². The van der Waals surface area contributed by atoms with Crippen molar-refractivity contribution in [3.05, 3.63) is 72.3 Å². The van der Waals surface area contributed by atoms with Gasteiger partial charge in [-0.05, 0) is 57.2 Å². The molecule has 4 aromatic rings. The van der Waals surface area contributed by atoms with Crippen molar-refractivity contribution in [2.45, 2.75) is 32.5 Å². The predicted octanol–water partition coefficient (Wildman–Crippen LogP) is 7.18. The second kappa shape index (κ2) is 8.52. The molecule has 0 bridgehead atoms. The molecule has 0 atom stereocenters. The molecule has 0 spiro atoms. The number of hydrogen-bond acceptors (Lipinski definition) is 4. The molecule has 0 aliphatic heterocycles. The number of alkyl halides is 3. The number of ether oxygens (including phenoxy) is 2. The number of benzene rings is 2. The number of pyridine rings is 1. The highest BCUT2D eigenvalue weighted by molar-refractivity contribution is 5.96. The maximum atomic E-state index is 13.8. The summed E-state index contributed by atoms with van der Waals surface area (Å²) in [6, 6.07) is 17.2. The number of halogens is 3. The molecule has 176 valence electrons. The third-order valence-electron chi connectivity index (χ3n) is 5.07. The summed E-state index contributed by atoms with van der Waals surface area (Å²) < 4.78 is 53.5. The number of hydrogen-bond donors (Lipinski definition) is 0. The Hall–Kier alpha value is -3.81. The minimum Gasteiger partial charge on any atom is -0.497 e. The van der Waals surface area contributed by atoms with E-state index in [1.165, 1.54) is 11.7 Å². The fourth-order valence-electron chi connectivity index (χ4n) is 3.60. The summed E-state index contributed by atoms with van der Waals surface area (Å²) >= 11 is 0. The van der Waals surface area contributed by atoms with Crippen molar-refractivity contribution in [1.29, 1.82) is 0 Å². The van der Waals surface area contributed by atoms with Crippen LogP contribution in [-0.2, 0) is 10.9 Å². The number of nitrogens with zero attached hydrogens (tertiary/aromatic N) is 2. The summed E-state index contributed by atoms with van der Waals surface area (Å²) in [5.74, 6) is 0.544. The maximum Gasteiger partial charge on any atom is 0.419 e. The minimum absolute atomic E-state index is 0.00490. The molecule has 0 fully saturated rings. The molecule has 2 aromatic heterocycles. The van der Waals surface area contributed by atoms with Gasteiger partial charge in [-0.25, -0.2) is 14.3 Å². The van der Waals surface area contributed by atoms with Crippen molar-refractivity contribution in [2.24, 2.45) is 0 Å². The van der Waals surface area contributed by atoms with Gasteiger partial charge in [0.15, 0.2) is 0 Å². The van der Waals surface area contributed by atoms with E-state index in [1.807, 2.05) is 0 Å². The molecule has 2 aromatic carbocycles. The second-order valence-corrected chi connectivity index (χ2v) is 8.76. The Morgan fingerprint density at radius 2 is 1.59 bits per heavy atom. The molecule has 8 heteroatoms. The molecule has 5 nitrogen and oxygen atoms in total. The van der Waals surface area contributed by atoms with E-state index in [-0.39, 0.29) is 17.1 Å². The smallest absolute Gasteiger partial charge is 0.419 e. The van der Waals surface area contributed by atoms with E-state index < -0.39 is 23.4 Å². The molecule has 0 radical (unpaired) electrons. The van der Waals surface area contributed by atoms with E-state index in [1.54, 1.807) is 75.4 Å². The van der Waals surface area contributed by atoms with Crippen LogP contribution in [0.2, 0.25) is 0 Å². The minimum atomic E-state index is -4.60. The topological polar surface area (TPSA) is 53.4 Å². The highest BCUT2D eigenvalue weighted by Crippen LogP contribution is 2.37. The van der Waals surface area contributed by atoms with Crippen molar-refractivity contribution in [1.82, 2.24) is 9.55 Å². The van der Waals surface area contributed by atoms with Crippen molar-refractivity contribution in [3.8, 4) is 28.4 Å². The first-order valence-electron chi connectivity index (χ1n) is 10.5. The molecule has 0 aliphatic carbocycles. The summed E-state index contributed by atoms with van der Waals surface area (Å²) in [6.45, 7) is 5.15. The van der Waals surface area contributed by atoms with Gasteiger partial charge in [-0.2, -0.15) is 13.2 Å². The standard InChI is InChI=1S/C26H23F3N2O3/c1-25(2,3)34-24(32)31-22-11-10-19(33-4)12-17(22)13-23(31)21-15-18(26(27,28)29)14-20(30-21)16-8-6-5-7-9-16/h5-15H,1-4H3. The van der Waals surface area contributed by atoms with Crippen molar-refractivity contribution in [2.75, 3.05) is 7.11 Å². The molecule has 0 N–H and O–H groups in total. The summed E-state index contributed by atoms with van der Waals surface area (Å²) in [5, 5.41) is 0.598. The molecule has 0 amide bonds. The Labute approximate surface area is 194 Å². The van der Waals surface area contributed by atoms with Crippen molar-refractivity contribution in [3.63, 3.8) is 0 Å². The lowest BCUT2D eigenvalue weighted by Gasteiger charge is -2.21. The number of carbonyl (C=O) groups excluding carboxylic acids is 1. The van der Waals surface area contributed by atoms with Crippen LogP contribution in [-0.4, -0.2) is 28.4 Å². The first-order valence-corrected chi connectivity index (χ1v) is 10.5. The van der Waals surface area contributed by atoms with Gasteiger partial charge >= 0.3 is 12.3 Å². The van der Waals surface area contributed by atoms with Gasteiger partial charge in [0.05, 0.1) is 35.3 Å². The van der Waals surface area contributed by atoms with Gasteiger partial charge in [0.2, 0.25) is 0 Å². The van der Waals surface area contributed by atoms with Gasteiger partial charge < -0.3 is 9.47 Å². The lowest BCUT2D eigenvalue weighted by Crippen LogP contribution is -2.27. The van der Waals surface area contributed by atoms with Crippen LogP contribution in [0, 0.1) is 0 Å². The monoisotopic (exact) mass is 468 g/mol. The Morgan fingerprint density at radius 3 is 2.21 bits per heavy atom. The predicted molar refractivity (Wildman–Crippen MR) is 124 cm³/mol. The summed E-state index contributed by atoms with van der Waals surface area (Å²) in [7, 11) is 1.51. The highest BCUT2D eigenvalue weighted by atomic mass is 19.4. The zero-order valence-electron chi connectivity index (χ0n) is 19.1. The van der Waals surface area contributed by atoms with Crippen molar-refractivity contribution < 1.29 is 27.4 Å². The van der Waals surface area contributed by atoms with Gasteiger partial charge in [-0.1, -0.05) is 30.3 Å². The van der Waals surface area contributed by atoms with Gasteiger partial charge in [-0.15, -0.1) is 0 Å². The largest absolute Gasteiger partial charge is 0.497 e. The first-order chi connectivity index (χ1) is 16.0. The molecule has 0 unspecified atom stereocenters. The fourth-order valence-corrected chi connectivity index (χ4v) is 3.60. The van der Waals surface area contributed by atoms with Crippen LogP contribution in [0.5, 0.6) is 5.75 Å². The second-order valence-electron chi connectivity index (χ2n) is 8.76. The molecule has 0 saturated carbocycles. The molecule has 4 rings (SSSR count).